The summed E-state index contributed by atoms with van der Waals surface area (Å²) in [5.41, 5.74) is 7.56. The first kappa shape index (κ1) is 28.1. The van der Waals surface area contributed by atoms with Crippen molar-refractivity contribution < 1.29 is 0 Å². The first-order valence-corrected chi connectivity index (χ1v) is 18.7. The van der Waals surface area contributed by atoms with Crippen LogP contribution in [-0.4, -0.2) is 0 Å². The van der Waals surface area contributed by atoms with Gasteiger partial charge in [0.1, 0.15) is 0 Å². The second-order valence-electron chi connectivity index (χ2n) is 13.2. The maximum Gasteiger partial charge on any atom is 0.0434 e. The third kappa shape index (κ3) is 4.10. The van der Waals surface area contributed by atoms with Crippen LogP contribution in [0.5, 0.6) is 0 Å². The average Bonchev–Trinajstić information content (AvgIpc) is 3.76. The highest BCUT2D eigenvalue weighted by atomic mass is 32.1. The SMILES string of the molecule is c1ccc(-c2c3ccccc3c(-c3cccc(-c4ccc5c(c4)sc4c5ccc5c4ccc4c6ccccc6sc45)c3)c3ccccc23)cc1. The molecule has 0 nitrogen and oxygen atoms in total. The lowest BCUT2D eigenvalue weighted by Crippen LogP contribution is -1.91. The molecule has 0 amide bonds. The normalized spacial score (nSPS) is 12.0. The van der Waals surface area contributed by atoms with Gasteiger partial charge in [-0.15, -0.1) is 22.7 Å². The summed E-state index contributed by atoms with van der Waals surface area (Å²) in [6.45, 7) is 0. The maximum atomic E-state index is 2.40. The number of fused-ring (bicyclic) bond motifs is 11. The van der Waals surface area contributed by atoms with Crippen LogP contribution in [0.3, 0.4) is 0 Å². The Kier molecular flexibility index (Phi) is 6.09. The van der Waals surface area contributed by atoms with Gasteiger partial charge in [0, 0.05) is 51.1 Å². The van der Waals surface area contributed by atoms with Gasteiger partial charge in [-0.2, -0.15) is 0 Å². The standard InChI is InChI=1S/C48H28S2/c1-2-11-29(12-3-1)45-35-16-4-6-18-37(35)46(38-19-7-5-17-36(38)45)32-14-10-13-30(27-32)31-21-22-34-40-24-26-41-42(48(40)50-44(34)28-31)25-23-39-33-15-8-9-20-43(33)49-47(39)41/h1-28H. The number of hydrogen-bond donors (Lipinski definition) is 0. The van der Waals surface area contributed by atoms with Crippen LogP contribution in [0.25, 0.3) is 106 Å². The lowest BCUT2D eigenvalue weighted by molar-refractivity contribution is 1.63. The number of rotatable bonds is 3. The van der Waals surface area contributed by atoms with Crippen LogP contribution >= 0.6 is 22.7 Å². The molecule has 0 aliphatic rings. The zero-order chi connectivity index (χ0) is 32.8. The molecule has 0 aliphatic carbocycles. The molecule has 0 N–H and O–H groups in total. The predicted octanol–water partition coefficient (Wildman–Crippen LogP) is 14.9. The lowest BCUT2D eigenvalue weighted by atomic mass is 9.85. The van der Waals surface area contributed by atoms with Crippen LogP contribution in [0.15, 0.2) is 170 Å². The summed E-state index contributed by atoms with van der Waals surface area (Å²) in [4.78, 5) is 0. The van der Waals surface area contributed by atoms with E-state index in [9.17, 15) is 0 Å². The number of benzene rings is 9. The molecule has 0 bridgehead atoms. The van der Waals surface area contributed by atoms with Gasteiger partial charge in [0.15, 0.2) is 0 Å². The van der Waals surface area contributed by atoms with Crippen LogP contribution in [0, 0.1) is 0 Å². The Morgan fingerprint density at radius 3 is 1.30 bits per heavy atom. The smallest absolute Gasteiger partial charge is 0.0434 e. The quantitative estimate of drug-likeness (QED) is 0.164. The Morgan fingerprint density at radius 2 is 0.660 bits per heavy atom. The van der Waals surface area contributed by atoms with E-state index in [1.165, 1.54) is 106 Å². The molecule has 2 aromatic heterocycles. The number of thiophene rings is 2. The summed E-state index contributed by atoms with van der Waals surface area (Å²) >= 11 is 3.83. The fourth-order valence-corrected chi connectivity index (χ4v) is 10.7. The Morgan fingerprint density at radius 1 is 0.240 bits per heavy atom. The second kappa shape index (κ2) is 10.9. The van der Waals surface area contributed by atoms with Gasteiger partial charge in [0.2, 0.25) is 0 Å². The molecule has 0 saturated carbocycles. The third-order valence-electron chi connectivity index (χ3n) is 10.5. The summed E-state index contributed by atoms with van der Waals surface area (Å²) in [6.07, 6.45) is 0. The third-order valence-corrected chi connectivity index (χ3v) is 12.9. The van der Waals surface area contributed by atoms with Gasteiger partial charge in [0.05, 0.1) is 0 Å². The first-order valence-electron chi connectivity index (χ1n) is 17.1. The van der Waals surface area contributed by atoms with Crippen molar-refractivity contribution in [2.75, 3.05) is 0 Å². The van der Waals surface area contributed by atoms with Gasteiger partial charge >= 0.3 is 0 Å². The average molecular weight is 669 g/mol. The summed E-state index contributed by atoms with van der Waals surface area (Å²) in [5.74, 6) is 0. The second-order valence-corrected chi connectivity index (χ2v) is 15.3. The molecule has 9 aromatic carbocycles. The minimum absolute atomic E-state index is 1.24. The molecule has 0 atom stereocenters. The minimum Gasteiger partial charge on any atom is -0.135 e. The Bertz CT molecular complexity index is 3080. The van der Waals surface area contributed by atoms with E-state index in [1.54, 1.807) is 0 Å². The topological polar surface area (TPSA) is 0 Å². The molecule has 11 rings (SSSR count). The molecule has 2 heteroatoms. The highest BCUT2D eigenvalue weighted by molar-refractivity contribution is 7.28. The van der Waals surface area contributed by atoms with Crippen molar-refractivity contribution in [3.05, 3.63) is 170 Å². The molecular weight excluding hydrogens is 641 g/mol. The molecule has 0 radical (unpaired) electrons. The van der Waals surface area contributed by atoms with Crippen LogP contribution < -0.4 is 0 Å². The highest BCUT2D eigenvalue weighted by Crippen LogP contribution is 2.46. The number of hydrogen-bond acceptors (Lipinski definition) is 2. The Labute approximate surface area is 297 Å². The molecule has 232 valence electrons. The Balaban J connectivity index is 1.08. The van der Waals surface area contributed by atoms with Crippen molar-refractivity contribution in [2.24, 2.45) is 0 Å². The van der Waals surface area contributed by atoms with Gasteiger partial charge in [0.25, 0.3) is 0 Å². The summed E-state index contributed by atoms with van der Waals surface area (Å²) < 4.78 is 5.44. The molecule has 0 unspecified atom stereocenters. The highest BCUT2D eigenvalue weighted by Gasteiger charge is 2.18. The predicted molar refractivity (Wildman–Crippen MR) is 221 cm³/mol. The largest absolute Gasteiger partial charge is 0.135 e. The van der Waals surface area contributed by atoms with Gasteiger partial charge in [-0.25, -0.2) is 0 Å². The molecule has 0 spiro atoms. The summed E-state index contributed by atoms with van der Waals surface area (Å²) in [6, 6.07) is 63.0. The minimum atomic E-state index is 1.24. The Hall–Kier alpha value is -5.80. The summed E-state index contributed by atoms with van der Waals surface area (Å²) in [7, 11) is 0. The van der Waals surface area contributed by atoms with Crippen molar-refractivity contribution in [3.63, 3.8) is 0 Å². The fourth-order valence-electron chi connectivity index (χ4n) is 8.21. The van der Waals surface area contributed by atoms with E-state index in [0.29, 0.717) is 0 Å². The van der Waals surface area contributed by atoms with Crippen molar-refractivity contribution in [1.82, 2.24) is 0 Å². The van der Waals surface area contributed by atoms with E-state index in [4.69, 9.17) is 0 Å². The van der Waals surface area contributed by atoms with Crippen LogP contribution in [-0.2, 0) is 0 Å². The van der Waals surface area contributed by atoms with Crippen molar-refractivity contribution >= 4 is 95.3 Å². The van der Waals surface area contributed by atoms with Crippen molar-refractivity contribution in [3.8, 4) is 33.4 Å². The molecule has 11 aromatic rings. The lowest BCUT2D eigenvalue weighted by Gasteiger charge is -2.18. The van der Waals surface area contributed by atoms with Gasteiger partial charge < -0.3 is 0 Å². The van der Waals surface area contributed by atoms with Crippen LogP contribution in [0.2, 0.25) is 0 Å². The molecule has 2 heterocycles. The molecule has 0 aliphatic heterocycles. The molecule has 50 heavy (non-hydrogen) atoms. The summed E-state index contributed by atoms with van der Waals surface area (Å²) in [5, 5.41) is 13.2. The molecule has 0 saturated heterocycles. The monoisotopic (exact) mass is 668 g/mol. The van der Waals surface area contributed by atoms with Crippen molar-refractivity contribution in [2.45, 2.75) is 0 Å². The zero-order valence-electron chi connectivity index (χ0n) is 27.0. The van der Waals surface area contributed by atoms with E-state index in [2.05, 4.69) is 170 Å². The zero-order valence-corrected chi connectivity index (χ0v) is 28.6. The van der Waals surface area contributed by atoms with E-state index in [0.717, 1.165) is 0 Å². The van der Waals surface area contributed by atoms with Gasteiger partial charge in [-0.3, -0.25) is 0 Å². The fraction of sp³-hybridized carbons (Fsp3) is 0. The molecule has 0 fully saturated rings. The maximum absolute atomic E-state index is 2.40. The molecular formula is C48H28S2. The van der Waals surface area contributed by atoms with Crippen molar-refractivity contribution in [1.29, 1.82) is 0 Å². The van der Waals surface area contributed by atoms with E-state index in [-0.39, 0.29) is 0 Å². The van der Waals surface area contributed by atoms with Crippen LogP contribution in [0.4, 0.5) is 0 Å². The van der Waals surface area contributed by atoms with E-state index < -0.39 is 0 Å². The van der Waals surface area contributed by atoms with Gasteiger partial charge in [-0.05, 0) is 73.1 Å². The van der Waals surface area contributed by atoms with E-state index in [1.807, 2.05) is 22.7 Å². The first-order chi connectivity index (χ1) is 24.8. The van der Waals surface area contributed by atoms with E-state index >= 15 is 0 Å². The van der Waals surface area contributed by atoms with Crippen LogP contribution in [0.1, 0.15) is 0 Å². The van der Waals surface area contributed by atoms with Gasteiger partial charge in [-0.1, -0.05) is 152 Å².